The minimum absolute atomic E-state index is 0.176. The summed E-state index contributed by atoms with van der Waals surface area (Å²) in [5.74, 6) is 8.62. The average Bonchev–Trinajstić information content (AvgIpc) is 2.10. The Labute approximate surface area is 77.8 Å². The molecule has 3 heteroatoms. The molecule has 0 aromatic carbocycles. The van der Waals surface area contributed by atoms with E-state index in [2.05, 4.69) is 26.1 Å². The van der Waals surface area contributed by atoms with Gasteiger partial charge in [-0.15, -0.1) is 0 Å². The van der Waals surface area contributed by atoms with Gasteiger partial charge in [0, 0.05) is 0 Å². The van der Waals surface area contributed by atoms with Crippen LogP contribution in [-0.4, -0.2) is 6.10 Å². The SMILES string of the molecule is C#C[C@@H](O[P+]#P)C(C)CC#CC. The molecule has 0 saturated heterocycles. The predicted molar refractivity (Wildman–Crippen MR) is 54.8 cm³/mol. The van der Waals surface area contributed by atoms with Crippen LogP contribution in [0.15, 0.2) is 0 Å². The number of hydrogen-bond donors (Lipinski definition) is 0. The van der Waals surface area contributed by atoms with Gasteiger partial charge in [0.25, 0.3) is 0 Å². The fourth-order valence-corrected chi connectivity index (χ4v) is 1.39. The third-order valence-corrected chi connectivity index (χ3v) is 2.05. The van der Waals surface area contributed by atoms with E-state index < -0.39 is 0 Å². The Bertz CT molecular complexity index is 261. The van der Waals surface area contributed by atoms with Crippen molar-refractivity contribution in [2.75, 3.05) is 0 Å². The van der Waals surface area contributed by atoms with Gasteiger partial charge in [-0.1, -0.05) is 0 Å². The first-order chi connectivity index (χ1) is 5.76. The zero-order valence-corrected chi connectivity index (χ0v) is 9.03. The molecule has 0 radical (unpaired) electrons. The molecule has 0 bridgehead atoms. The Kier molecular flexibility index (Phi) is 7.54. The molecule has 0 aliphatic heterocycles. The summed E-state index contributed by atoms with van der Waals surface area (Å²) < 4.78 is 5.18. The van der Waals surface area contributed by atoms with Crippen LogP contribution in [0.1, 0.15) is 20.3 Å². The fraction of sp³-hybridized carbons (Fsp3) is 0.556. The van der Waals surface area contributed by atoms with Crippen molar-refractivity contribution in [2.45, 2.75) is 26.4 Å². The van der Waals surface area contributed by atoms with E-state index in [0.29, 0.717) is 7.91 Å². The van der Waals surface area contributed by atoms with E-state index in [0.717, 1.165) is 6.42 Å². The van der Waals surface area contributed by atoms with E-state index >= 15 is 0 Å². The molecule has 0 aromatic rings. The topological polar surface area (TPSA) is 9.23 Å². The van der Waals surface area contributed by atoms with Crippen LogP contribution in [0.4, 0.5) is 0 Å². The Morgan fingerprint density at radius 1 is 1.67 bits per heavy atom. The Hall–Kier alpha value is -0.0600. The van der Waals surface area contributed by atoms with Crippen LogP contribution < -0.4 is 0 Å². The molecule has 2 atom stereocenters. The molecule has 0 amide bonds. The van der Waals surface area contributed by atoms with Crippen molar-refractivity contribution in [3.63, 3.8) is 0 Å². The molecule has 0 spiro atoms. The van der Waals surface area contributed by atoms with E-state index in [1.54, 1.807) is 0 Å². The molecule has 0 aliphatic rings. The van der Waals surface area contributed by atoms with Crippen LogP contribution in [0.25, 0.3) is 0 Å². The summed E-state index contributed by atoms with van der Waals surface area (Å²) in [5, 5.41) is 0. The van der Waals surface area contributed by atoms with Crippen molar-refractivity contribution in [3.8, 4) is 24.2 Å². The first-order valence-electron chi connectivity index (χ1n) is 3.62. The molecule has 0 aromatic heterocycles. The van der Waals surface area contributed by atoms with Crippen LogP contribution in [0.3, 0.4) is 0 Å². The van der Waals surface area contributed by atoms with Gasteiger partial charge in [-0.05, 0) is 0 Å². The Balaban J connectivity index is 4.03. The first-order valence-corrected chi connectivity index (χ1v) is 5.58. The number of terminal acetylenes is 1. The second kappa shape index (κ2) is 7.58. The molecule has 1 unspecified atom stereocenters. The van der Waals surface area contributed by atoms with E-state index in [-0.39, 0.29) is 12.0 Å². The molecule has 1 nitrogen and oxygen atoms in total. The minimum atomic E-state index is -0.176. The van der Waals surface area contributed by atoms with Gasteiger partial charge in [0.1, 0.15) is 0 Å². The molecule has 62 valence electrons. The summed E-state index contributed by atoms with van der Waals surface area (Å²) in [7, 11) is 4.49. The maximum absolute atomic E-state index is 5.27. The van der Waals surface area contributed by atoms with Crippen LogP contribution in [0.2, 0.25) is 0 Å². The van der Waals surface area contributed by atoms with Gasteiger partial charge in [0.05, 0.1) is 0 Å². The van der Waals surface area contributed by atoms with Crippen molar-refractivity contribution in [1.29, 1.82) is 0 Å². The molecular weight excluding hydrogens is 186 g/mol. The van der Waals surface area contributed by atoms with Crippen LogP contribution >= 0.6 is 16.3 Å². The summed E-state index contributed by atoms with van der Waals surface area (Å²) in [4.78, 5) is 0. The van der Waals surface area contributed by atoms with Crippen molar-refractivity contribution in [1.82, 2.24) is 0 Å². The van der Waals surface area contributed by atoms with Crippen molar-refractivity contribution in [3.05, 3.63) is 0 Å². The molecule has 0 N–H and O–H groups in total. The van der Waals surface area contributed by atoms with Crippen molar-refractivity contribution < 1.29 is 4.52 Å². The van der Waals surface area contributed by atoms with E-state index in [1.807, 2.05) is 13.8 Å². The molecule has 0 rings (SSSR count). The monoisotopic (exact) mass is 197 g/mol. The van der Waals surface area contributed by atoms with E-state index in [9.17, 15) is 0 Å². The van der Waals surface area contributed by atoms with Gasteiger partial charge in [-0.3, -0.25) is 0 Å². The van der Waals surface area contributed by atoms with Crippen molar-refractivity contribution in [2.24, 2.45) is 5.92 Å². The fourth-order valence-electron chi connectivity index (χ4n) is 0.719. The summed E-state index contributed by atoms with van der Waals surface area (Å²) in [6, 6.07) is 0. The molecule has 0 saturated carbocycles. The molecule has 0 aliphatic carbocycles. The Morgan fingerprint density at radius 3 is 2.75 bits per heavy atom. The van der Waals surface area contributed by atoms with Crippen LogP contribution in [0.5, 0.6) is 0 Å². The summed E-state index contributed by atoms with van der Waals surface area (Å²) in [6.45, 7) is 3.84. The first kappa shape index (κ1) is 11.9. The van der Waals surface area contributed by atoms with Crippen LogP contribution in [0, 0.1) is 30.1 Å². The second-order valence-corrected chi connectivity index (χ2v) is 3.25. The zero-order valence-electron chi connectivity index (χ0n) is 7.24. The standard InChI is InChI=1S/C9H11OP2/c1-4-6-7-8(3)9(5-2)10-12-11/h2,8-9H,7H2,1,3H3/q+1/t8?,9-/m1/s1. The third kappa shape index (κ3) is 4.74. The number of hydrogen-bond acceptors (Lipinski definition) is 1. The van der Waals surface area contributed by atoms with Crippen molar-refractivity contribution >= 4 is 16.3 Å². The quantitative estimate of drug-likeness (QED) is 0.498. The van der Waals surface area contributed by atoms with Gasteiger partial charge in [-0.2, -0.15) is 0 Å². The summed E-state index contributed by atoms with van der Waals surface area (Å²) in [6.07, 6.45) is 5.87. The second-order valence-electron chi connectivity index (χ2n) is 2.38. The number of rotatable bonds is 3. The predicted octanol–water partition coefficient (Wildman–Crippen LogP) is 3.24. The summed E-state index contributed by atoms with van der Waals surface area (Å²) >= 11 is 0. The van der Waals surface area contributed by atoms with Gasteiger partial charge >= 0.3 is 77.3 Å². The molecule has 0 fully saturated rings. The molecular formula is C9H11OP2+. The maximum atomic E-state index is 5.27. The summed E-state index contributed by atoms with van der Waals surface area (Å²) in [5.41, 5.74) is 0. The third-order valence-electron chi connectivity index (χ3n) is 1.44. The van der Waals surface area contributed by atoms with Crippen LogP contribution in [-0.2, 0) is 4.52 Å². The van der Waals surface area contributed by atoms with Gasteiger partial charge < -0.3 is 0 Å². The van der Waals surface area contributed by atoms with Gasteiger partial charge in [0.2, 0.25) is 0 Å². The van der Waals surface area contributed by atoms with Gasteiger partial charge in [-0.25, -0.2) is 0 Å². The normalized spacial score (nSPS) is 13.3. The zero-order chi connectivity index (χ0) is 9.40. The molecule has 12 heavy (non-hydrogen) atoms. The van der Waals surface area contributed by atoms with E-state index in [1.165, 1.54) is 0 Å². The van der Waals surface area contributed by atoms with E-state index in [4.69, 9.17) is 10.9 Å². The molecule has 0 heterocycles. The van der Waals surface area contributed by atoms with Gasteiger partial charge in [0.15, 0.2) is 0 Å². The average molecular weight is 197 g/mol. The Morgan fingerprint density at radius 2 is 2.33 bits per heavy atom.